The van der Waals surface area contributed by atoms with E-state index in [-0.39, 0.29) is 5.75 Å². The number of aryl methyl sites for hydroxylation is 1. The van der Waals surface area contributed by atoms with Crippen molar-refractivity contribution in [2.45, 2.75) is 45.6 Å². The fraction of sp³-hybridized carbons (Fsp3) is 0.476. The number of phenols is 1. The number of aromatic hydroxyl groups is 1. The molecule has 1 unspecified atom stereocenters. The van der Waals surface area contributed by atoms with Gasteiger partial charge in [-0.05, 0) is 69.3 Å². The molecule has 0 bridgehead atoms. The molecule has 1 fully saturated rings. The smallest absolute Gasteiger partial charge is 0.155 e. The molecule has 2 aliphatic heterocycles. The molecule has 4 rings (SSSR count). The molecule has 1 saturated heterocycles. The standard InChI is InChI=1S/C21H25N5O/c1-13-9-15(11-22)10-18(27)19(13)20-14(2)17-6-4-8-26(21(17)25-24-20)16-5-3-7-23-12-16/h9-10,16,23,27H,3-8,12H2,1-2H3. The zero-order chi connectivity index (χ0) is 19.0. The molecular formula is C21H25N5O. The highest BCUT2D eigenvalue weighted by Crippen LogP contribution is 2.38. The number of piperidine rings is 1. The molecule has 0 aliphatic carbocycles. The van der Waals surface area contributed by atoms with Gasteiger partial charge in [0, 0.05) is 30.3 Å². The first-order valence-corrected chi connectivity index (χ1v) is 9.67. The van der Waals surface area contributed by atoms with Crippen LogP contribution in [0.4, 0.5) is 5.82 Å². The van der Waals surface area contributed by atoms with E-state index in [1.807, 2.05) is 6.92 Å². The van der Waals surface area contributed by atoms with Crippen molar-refractivity contribution in [3.63, 3.8) is 0 Å². The SMILES string of the molecule is Cc1cc(C#N)cc(O)c1-c1nnc2c(c1C)CCCN2C1CCCNC1. The minimum Gasteiger partial charge on any atom is -0.507 e. The molecule has 1 aromatic carbocycles. The van der Waals surface area contributed by atoms with Crippen LogP contribution in [-0.2, 0) is 6.42 Å². The van der Waals surface area contributed by atoms with Gasteiger partial charge in [-0.25, -0.2) is 0 Å². The number of nitrogens with zero attached hydrogens (tertiary/aromatic N) is 4. The van der Waals surface area contributed by atoms with Gasteiger partial charge in [-0.2, -0.15) is 5.26 Å². The van der Waals surface area contributed by atoms with Gasteiger partial charge >= 0.3 is 0 Å². The molecule has 0 saturated carbocycles. The minimum absolute atomic E-state index is 0.0908. The number of rotatable bonds is 2. The van der Waals surface area contributed by atoms with Gasteiger partial charge in [0.05, 0.1) is 11.6 Å². The number of aromatic nitrogens is 2. The molecule has 2 N–H and O–H groups in total. The monoisotopic (exact) mass is 363 g/mol. The van der Waals surface area contributed by atoms with Crippen LogP contribution in [0.3, 0.4) is 0 Å². The van der Waals surface area contributed by atoms with Gasteiger partial charge < -0.3 is 15.3 Å². The lowest BCUT2D eigenvalue weighted by Crippen LogP contribution is -2.48. The topological polar surface area (TPSA) is 85.1 Å². The summed E-state index contributed by atoms with van der Waals surface area (Å²) in [6.07, 6.45) is 4.47. The first-order chi connectivity index (χ1) is 13.1. The number of nitrogens with one attached hydrogen (secondary N) is 1. The molecule has 2 aliphatic rings. The zero-order valence-corrected chi connectivity index (χ0v) is 15.9. The highest BCUT2D eigenvalue weighted by Gasteiger charge is 2.29. The molecule has 0 spiro atoms. The Hall–Kier alpha value is -2.65. The molecule has 0 amide bonds. The van der Waals surface area contributed by atoms with E-state index in [9.17, 15) is 5.11 Å². The second kappa shape index (κ2) is 7.16. The quantitative estimate of drug-likeness (QED) is 0.853. The van der Waals surface area contributed by atoms with Crippen molar-refractivity contribution < 1.29 is 5.11 Å². The van der Waals surface area contributed by atoms with Crippen molar-refractivity contribution in [1.82, 2.24) is 15.5 Å². The van der Waals surface area contributed by atoms with Gasteiger partial charge in [0.15, 0.2) is 5.82 Å². The van der Waals surface area contributed by atoms with Crippen LogP contribution in [-0.4, -0.2) is 41.0 Å². The van der Waals surface area contributed by atoms with Crippen LogP contribution in [0.15, 0.2) is 12.1 Å². The van der Waals surface area contributed by atoms with Crippen LogP contribution in [0.1, 0.15) is 41.5 Å². The molecule has 0 radical (unpaired) electrons. The number of nitriles is 1. The van der Waals surface area contributed by atoms with Crippen molar-refractivity contribution in [2.75, 3.05) is 24.5 Å². The second-order valence-corrected chi connectivity index (χ2v) is 7.57. The van der Waals surface area contributed by atoms with Gasteiger partial charge in [-0.15, -0.1) is 10.2 Å². The summed E-state index contributed by atoms with van der Waals surface area (Å²) < 4.78 is 0. The largest absolute Gasteiger partial charge is 0.507 e. The van der Waals surface area contributed by atoms with Crippen LogP contribution in [0.2, 0.25) is 0 Å². The molecule has 1 aromatic heterocycles. The lowest BCUT2D eigenvalue weighted by molar-refractivity contribution is 0.420. The molecule has 6 nitrogen and oxygen atoms in total. The Morgan fingerprint density at radius 1 is 1.26 bits per heavy atom. The van der Waals surface area contributed by atoms with E-state index >= 15 is 0 Å². The van der Waals surface area contributed by atoms with Crippen molar-refractivity contribution in [3.05, 3.63) is 34.4 Å². The second-order valence-electron chi connectivity index (χ2n) is 7.57. The van der Waals surface area contributed by atoms with E-state index in [1.54, 1.807) is 6.07 Å². The first kappa shape index (κ1) is 17.7. The van der Waals surface area contributed by atoms with Crippen molar-refractivity contribution in [2.24, 2.45) is 0 Å². The normalized spacial score (nSPS) is 19.4. The summed E-state index contributed by atoms with van der Waals surface area (Å²) in [5, 5.41) is 32.2. The number of anilines is 1. The maximum absolute atomic E-state index is 10.5. The Morgan fingerprint density at radius 2 is 2.11 bits per heavy atom. The van der Waals surface area contributed by atoms with Gasteiger partial charge in [0.1, 0.15) is 11.4 Å². The number of hydrogen-bond acceptors (Lipinski definition) is 6. The van der Waals surface area contributed by atoms with E-state index < -0.39 is 0 Å². The third-order valence-corrected chi connectivity index (χ3v) is 5.81. The van der Waals surface area contributed by atoms with Crippen LogP contribution in [0.5, 0.6) is 5.75 Å². The Balaban J connectivity index is 1.77. The predicted molar refractivity (Wildman–Crippen MR) is 105 cm³/mol. The molecule has 6 heteroatoms. The van der Waals surface area contributed by atoms with Gasteiger partial charge in [-0.3, -0.25) is 0 Å². The molecule has 27 heavy (non-hydrogen) atoms. The summed E-state index contributed by atoms with van der Waals surface area (Å²) in [4.78, 5) is 2.42. The minimum atomic E-state index is 0.0908. The van der Waals surface area contributed by atoms with Crippen molar-refractivity contribution in [3.8, 4) is 23.1 Å². The molecule has 3 heterocycles. The van der Waals surface area contributed by atoms with E-state index in [0.29, 0.717) is 17.2 Å². The zero-order valence-electron chi connectivity index (χ0n) is 15.9. The lowest BCUT2D eigenvalue weighted by atomic mass is 9.93. The Morgan fingerprint density at radius 3 is 2.81 bits per heavy atom. The van der Waals surface area contributed by atoms with E-state index in [4.69, 9.17) is 5.26 Å². The number of fused-ring (bicyclic) bond motifs is 1. The summed E-state index contributed by atoms with van der Waals surface area (Å²) in [5.41, 5.74) is 5.01. The maximum Gasteiger partial charge on any atom is 0.155 e. The third kappa shape index (κ3) is 3.13. The molecule has 1 atom stereocenters. The number of phenolic OH excluding ortho intramolecular Hbond substituents is 1. The van der Waals surface area contributed by atoms with E-state index in [0.717, 1.165) is 55.1 Å². The van der Waals surface area contributed by atoms with E-state index in [2.05, 4.69) is 33.4 Å². The summed E-state index contributed by atoms with van der Waals surface area (Å²) >= 11 is 0. The Kier molecular flexibility index (Phi) is 4.71. The maximum atomic E-state index is 10.5. The summed E-state index contributed by atoms with van der Waals surface area (Å²) in [6.45, 7) is 7.09. The average molecular weight is 363 g/mol. The molecular weight excluding hydrogens is 338 g/mol. The van der Waals surface area contributed by atoms with Crippen LogP contribution in [0.25, 0.3) is 11.3 Å². The fourth-order valence-electron chi connectivity index (χ4n) is 4.44. The highest BCUT2D eigenvalue weighted by molar-refractivity contribution is 5.76. The van der Waals surface area contributed by atoms with Gasteiger partial charge in [0.2, 0.25) is 0 Å². The molecule has 140 valence electrons. The average Bonchev–Trinajstić information content (AvgIpc) is 2.69. The number of hydrogen-bond donors (Lipinski definition) is 2. The third-order valence-electron chi connectivity index (χ3n) is 5.81. The Labute approximate surface area is 159 Å². The summed E-state index contributed by atoms with van der Waals surface area (Å²) in [6, 6.07) is 5.85. The fourth-order valence-corrected chi connectivity index (χ4v) is 4.44. The summed E-state index contributed by atoms with van der Waals surface area (Å²) in [5.74, 6) is 1.09. The first-order valence-electron chi connectivity index (χ1n) is 9.67. The van der Waals surface area contributed by atoms with Crippen molar-refractivity contribution >= 4 is 5.82 Å². The predicted octanol–water partition coefficient (Wildman–Crippen LogP) is 2.84. The van der Waals surface area contributed by atoms with E-state index in [1.165, 1.54) is 24.5 Å². The summed E-state index contributed by atoms with van der Waals surface area (Å²) in [7, 11) is 0. The lowest BCUT2D eigenvalue weighted by Gasteiger charge is -2.39. The van der Waals surface area contributed by atoms with Crippen LogP contribution < -0.4 is 10.2 Å². The van der Waals surface area contributed by atoms with Gasteiger partial charge in [-0.1, -0.05) is 0 Å². The van der Waals surface area contributed by atoms with Crippen molar-refractivity contribution in [1.29, 1.82) is 5.26 Å². The Bertz CT molecular complexity index is 889. The number of benzene rings is 1. The van der Waals surface area contributed by atoms with Gasteiger partial charge in [0.25, 0.3) is 0 Å². The highest BCUT2D eigenvalue weighted by atomic mass is 16.3. The molecule has 2 aromatic rings. The van der Waals surface area contributed by atoms with Crippen LogP contribution >= 0.6 is 0 Å². The van der Waals surface area contributed by atoms with Crippen LogP contribution in [0, 0.1) is 25.2 Å².